The second kappa shape index (κ2) is 11.7. The van der Waals surface area contributed by atoms with E-state index in [0.717, 1.165) is 19.3 Å². The molecule has 6 aliphatic rings. The lowest BCUT2D eigenvalue weighted by atomic mass is 9.53. The minimum absolute atomic E-state index is 0.370. The molecule has 1 aromatic rings. The van der Waals surface area contributed by atoms with E-state index in [-0.39, 0.29) is 11.9 Å². The number of carbonyl (C=O) groups excluding carboxylic acids is 1. The highest BCUT2D eigenvalue weighted by Crippen LogP contribution is 2.74. The molecule has 1 aromatic carbocycles. The van der Waals surface area contributed by atoms with Gasteiger partial charge in [0, 0.05) is 23.3 Å². The maximum Gasteiger partial charge on any atom is 0.314 e. The Bertz CT molecular complexity index is 1460. The highest BCUT2D eigenvalue weighted by Gasteiger charge is 2.90. The summed E-state index contributed by atoms with van der Waals surface area (Å²) in [5, 5.41) is 46.8. The van der Waals surface area contributed by atoms with Crippen molar-refractivity contribution in [2.24, 2.45) is 23.7 Å². The molecule has 0 unspecified atom stereocenters. The van der Waals surface area contributed by atoms with Gasteiger partial charge in [-0.2, -0.15) is 0 Å². The van der Waals surface area contributed by atoms with Gasteiger partial charge in [0.1, 0.15) is 41.7 Å². The molecule has 0 spiro atoms. The molecule has 0 aromatic heterocycles. The Hall–Kier alpha value is -2.15. The van der Waals surface area contributed by atoms with E-state index >= 15 is 0 Å². The van der Waals surface area contributed by atoms with Crippen molar-refractivity contribution in [3.63, 3.8) is 0 Å². The topological polar surface area (TPSA) is 147 Å². The van der Waals surface area contributed by atoms with Gasteiger partial charge in [0.15, 0.2) is 5.60 Å². The SMILES string of the molecule is C=C(C)[C@@]12O[C@@]3(c4ccccc4)O[C@@H]1[C@@H]1[C@@H]4O[C@]4(CO)[C@@H](O)[C@@]4(O)[C@@H](C=C(C)[C@@H]4O)[C@@]1(O3)[C@H](C)[C@@H]2OC(=O)[C@H](C)CCCCCCCC. The van der Waals surface area contributed by atoms with E-state index in [0.29, 0.717) is 23.1 Å². The Morgan fingerprint density at radius 1 is 1.04 bits per heavy atom. The van der Waals surface area contributed by atoms with Crippen molar-refractivity contribution in [2.75, 3.05) is 6.61 Å². The van der Waals surface area contributed by atoms with Crippen LogP contribution in [0.25, 0.3) is 0 Å². The van der Waals surface area contributed by atoms with Gasteiger partial charge in [-0.15, -0.1) is 0 Å². The Morgan fingerprint density at radius 2 is 1.73 bits per heavy atom. The quantitative estimate of drug-likeness (QED) is 0.111. The van der Waals surface area contributed by atoms with Crippen LogP contribution in [-0.4, -0.2) is 85.9 Å². The van der Waals surface area contributed by atoms with Gasteiger partial charge >= 0.3 is 11.9 Å². The van der Waals surface area contributed by atoms with Crippen LogP contribution >= 0.6 is 0 Å². The second-order valence-electron chi connectivity index (χ2n) is 15.5. The molecule has 3 bridgehead atoms. The number of hydrogen-bond acceptors (Lipinski definition) is 10. The van der Waals surface area contributed by atoms with Crippen molar-refractivity contribution < 1.29 is 48.9 Å². The van der Waals surface area contributed by atoms with Gasteiger partial charge in [-0.1, -0.05) is 102 Å². The standard InChI is InChI=1S/C38H52O10/c1-7-8-9-10-11-13-16-22(4)32(41)44-29-24(6)37-26-19-23(5)28(40)35(26,43)33(42)34(20-39)30(45-34)27(37)31-36(29,21(2)3)47-38(46-31,48-37)25-17-14-12-15-18-25/h12,14-15,17-19,22,24,26-31,33,39-40,42-43H,2,7-11,13,16,20H2,1,3-6H3/t22-,24-,26-,27+,28+,29+,30+,31-,33-,34+,35-,36+,37+,38-/m1/s1. The normalized spacial score (nSPS) is 47.0. The predicted molar refractivity (Wildman–Crippen MR) is 174 cm³/mol. The zero-order valence-electron chi connectivity index (χ0n) is 28.8. The average molecular weight is 669 g/mol. The minimum atomic E-state index is -2.21. The maximum atomic E-state index is 14.0. The second-order valence-corrected chi connectivity index (χ2v) is 15.5. The zero-order chi connectivity index (χ0) is 34.4. The molecule has 2 saturated carbocycles. The summed E-state index contributed by atoms with van der Waals surface area (Å²) in [6.07, 6.45) is 3.27. The first kappa shape index (κ1) is 34.3. The first-order valence-corrected chi connectivity index (χ1v) is 17.9. The van der Waals surface area contributed by atoms with E-state index in [4.69, 9.17) is 23.7 Å². The molecule has 10 nitrogen and oxygen atoms in total. The molecule has 5 fully saturated rings. The van der Waals surface area contributed by atoms with Crippen LogP contribution in [0.2, 0.25) is 0 Å². The number of rotatable bonds is 12. The number of esters is 1. The van der Waals surface area contributed by atoms with Crippen LogP contribution in [0.1, 0.15) is 85.1 Å². The number of unbranched alkanes of at least 4 members (excludes halogenated alkanes) is 5. The van der Waals surface area contributed by atoms with E-state index in [1.807, 2.05) is 51.1 Å². The molecule has 3 aliphatic carbocycles. The molecule has 3 saturated heterocycles. The van der Waals surface area contributed by atoms with Crippen LogP contribution in [0.5, 0.6) is 0 Å². The van der Waals surface area contributed by atoms with E-state index in [9.17, 15) is 25.2 Å². The van der Waals surface area contributed by atoms with Crippen molar-refractivity contribution in [1.29, 1.82) is 0 Å². The van der Waals surface area contributed by atoms with Crippen LogP contribution in [-0.2, 0) is 34.5 Å². The first-order chi connectivity index (χ1) is 22.8. The third kappa shape index (κ3) is 4.30. The molecule has 10 heteroatoms. The van der Waals surface area contributed by atoms with E-state index in [2.05, 4.69) is 13.5 Å². The van der Waals surface area contributed by atoms with Crippen LogP contribution in [0.3, 0.4) is 0 Å². The fourth-order valence-electron chi connectivity index (χ4n) is 10.1. The summed E-state index contributed by atoms with van der Waals surface area (Å²) in [5.74, 6) is -4.98. The summed E-state index contributed by atoms with van der Waals surface area (Å²) in [6, 6.07) is 9.20. The van der Waals surface area contributed by atoms with Crippen molar-refractivity contribution >= 4 is 5.97 Å². The molecule has 264 valence electrons. The number of hydrogen-bond donors (Lipinski definition) is 4. The molecule has 48 heavy (non-hydrogen) atoms. The van der Waals surface area contributed by atoms with E-state index in [1.54, 1.807) is 13.0 Å². The highest BCUT2D eigenvalue weighted by atomic mass is 16.9. The van der Waals surface area contributed by atoms with Gasteiger partial charge in [-0.25, -0.2) is 0 Å². The van der Waals surface area contributed by atoms with Gasteiger partial charge < -0.3 is 44.1 Å². The van der Waals surface area contributed by atoms with Crippen LogP contribution in [0.15, 0.2) is 54.1 Å². The summed E-state index contributed by atoms with van der Waals surface area (Å²) in [4.78, 5) is 14.0. The largest absolute Gasteiger partial charge is 0.458 e. The lowest BCUT2D eigenvalue weighted by Gasteiger charge is -2.61. The Morgan fingerprint density at radius 3 is 2.40 bits per heavy atom. The summed E-state index contributed by atoms with van der Waals surface area (Å²) < 4.78 is 34.0. The monoisotopic (exact) mass is 668 g/mol. The highest BCUT2D eigenvalue weighted by molar-refractivity contribution is 5.72. The van der Waals surface area contributed by atoms with Crippen LogP contribution in [0, 0.1) is 23.7 Å². The van der Waals surface area contributed by atoms with Gasteiger partial charge in [-0.05, 0) is 31.4 Å². The Labute approximate surface area is 283 Å². The summed E-state index contributed by atoms with van der Waals surface area (Å²) >= 11 is 0. The molecule has 0 radical (unpaired) electrons. The predicted octanol–water partition coefficient (Wildman–Crippen LogP) is 4.03. The number of benzene rings is 1. The fourth-order valence-corrected chi connectivity index (χ4v) is 10.1. The lowest BCUT2D eigenvalue weighted by Crippen LogP contribution is -2.76. The third-order valence-electron chi connectivity index (χ3n) is 12.7. The summed E-state index contributed by atoms with van der Waals surface area (Å²) in [7, 11) is 0. The van der Waals surface area contributed by atoms with Crippen molar-refractivity contribution in [2.45, 2.75) is 138 Å². The number of epoxide rings is 1. The maximum absolute atomic E-state index is 14.0. The van der Waals surface area contributed by atoms with Gasteiger partial charge in [0.2, 0.25) is 0 Å². The first-order valence-electron chi connectivity index (χ1n) is 17.9. The van der Waals surface area contributed by atoms with Crippen LogP contribution in [0.4, 0.5) is 0 Å². The molecular formula is C38H52O10. The van der Waals surface area contributed by atoms with Crippen molar-refractivity contribution in [3.8, 4) is 0 Å². The Balaban J connectivity index is 1.35. The van der Waals surface area contributed by atoms with Crippen molar-refractivity contribution in [3.05, 3.63) is 59.7 Å². The van der Waals surface area contributed by atoms with Gasteiger partial charge in [0.25, 0.3) is 0 Å². The van der Waals surface area contributed by atoms with Gasteiger partial charge in [0.05, 0.1) is 18.1 Å². The number of ether oxygens (including phenoxy) is 5. The van der Waals surface area contributed by atoms with Crippen molar-refractivity contribution in [1.82, 2.24) is 0 Å². The zero-order valence-corrected chi connectivity index (χ0v) is 28.8. The Kier molecular flexibility index (Phi) is 8.36. The summed E-state index contributed by atoms with van der Waals surface area (Å²) in [5.41, 5.74) is -5.10. The number of aliphatic hydroxyl groups excluding tert-OH is 3. The molecule has 3 heterocycles. The molecule has 7 rings (SSSR count). The molecular weight excluding hydrogens is 616 g/mol. The molecule has 3 aliphatic heterocycles. The minimum Gasteiger partial charge on any atom is -0.458 e. The number of aliphatic hydroxyl groups is 4. The van der Waals surface area contributed by atoms with E-state index in [1.165, 1.54) is 19.3 Å². The lowest BCUT2D eigenvalue weighted by molar-refractivity contribution is -0.442. The molecule has 0 amide bonds. The smallest absolute Gasteiger partial charge is 0.314 e. The van der Waals surface area contributed by atoms with Gasteiger partial charge in [-0.3, -0.25) is 4.79 Å². The number of fused-ring (bicyclic) bond motifs is 3. The van der Waals surface area contributed by atoms with Crippen LogP contribution < -0.4 is 0 Å². The number of carbonyl (C=O) groups is 1. The van der Waals surface area contributed by atoms with E-state index < -0.39 is 83.3 Å². The summed E-state index contributed by atoms with van der Waals surface area (Å²) in [6.45, 7) is 13.3. The fraction of sp³-hybridized carbons (Fsp3) is 0.711. The molecule has 14 atom stereocenters. The molecule has 4 N–H and O–H groups in total. The average Bonchev–Trinajstić information content (AvgIpc) is 3.70. The third-order valence-corrected chi connectivity index (χ3v) is 12.7.